The Bertz CT molecular complexity index is 660. The molecule has 1 aliphatic rings. The summed E-state index contributed by atoms with van der Waals surface area (Å²) in [4.78, 5) is 11.8. The molecule has 0 aromatic heterocycles. The second kappa shape index (κ2) is 9.70. The summed E-state index contributed by atoms with van der Waals surface area (Å²) in [6, 6.07) is 0. The molecule has 0 saturated carbocycles. The van der Waals surface area contributed by atoms with Gasteiger partial charge in [-0.1, -0.05) is 42.9 Å². The molecule has 4 heteroatoms. The average molecular weight is 360 g/mol. The summed E-state index contributed by atoms with van der Waals surface area (Å²) in [5.74, 6) is -1.63. The SMILES string of the molecule is C/C=C(\C)C(O)[C@H](C)/C=C/C=C(\C)CC/C=C/C1=C(C)C(=O)C(C)(O)O1. The first-order chi connectivity index (χ1) is 12.1. The van der Waals surface area contributed by atoms with Crippen molar-refractivity contribution < 1.29 is 19.7 Å². The first-order valence-corrected chi connectivity index (χ1v) is 9.08. The Hall–Kier alpha value is -1.91. The van der Waals surface area contributed by atoms with E-state index in [2.05, 4.69) is 6.92 Å². The van der Waals surface area contributed by atoms with Gasteiger partial charge in [0.1, 0.15) is 5.76 Å². The zero-order valence-corrected chi connectivity index (χ0v) is 16.7. The van der Waals surface area contributed by atoms with Crippen LogP contribution in [0.15, 0.2) is 58.9 Å². The van der Waals surface area contributed by atoms with E-state index < -0.39 is 11.9 Å². The van der Waals surface area contributed by atoms with E-state index >= 15 is 0 Å². The van der Waals surface area contributed by atoms with E-state index in [9.17, 15) is 15.0 Å². The fraction of sp³-hybridized carbons (Fsp3) is 0.500. The Kier molecular flexibility index (Phi) is 8.25. The number of hydrogen-bond acceptors (Lipinski definition) is 4. The van der Waals surface area contributed by atoms with Gasteiger partial charge in [-0.25, -0.2) is 0 Å². The largest absolute Gasteiger partial charge is 0.455 e. The summed E-state index contributed by atoms with van der Waals surface area (Å²) in [5, 5.41) is 19.9. The van der Waals surface area contributed by atoms with Crippen LogP contribution in [0.2, 0.25) is 0 Å². The number of allylic oxidation sites excluding steroid dienone is 6. The molecule has 1 aliphatic heterocycles. The molecule has 0 aromatic carbocycles. The predicted octanol–water partition coefficient (Wildman–Crippen LogP) is 4.37. The summed E-state index contributed by atoms with van der Waals surface area (Å²) in [6.07, 6.45) is 12.9. The number of aliphatic hydroxyl groups excluding tert-OH is 1. The van der Waals surface area contributed by atoms with Crippen molar-refractivity contribution in [2.45, 2.75) is 66.3 Å². The highest BCUT2D eigenvalue weighted by molar-refractivity contribution is 6.02. The van der Waals surface area contributed by atoms with Gasteiger partial charge in [0.05, 0.1) is 6.10 Å². The molecule has 2 N–H and O–H groups in total. The second-order valence-corrected chi connectivity index (χ2v) is 7.08. The summed E-state index contributed by atoms with van der Waals surface area (Å²) in [5.41, 5.74) is 2.64. The highest BCUT2D eigenvalue weighted by Crippen LogP contribution is 2.29. The molecule has 0 saturated heterocycles. The zero-order chi connectivity index (χ0) is 19.9. The maximum atomic E-state index is 11.8. The molecule has 0 spiro atoms. The van der Waals surface area contributed by atoms with Crippen LogP contribution in [0.3, 0.4) is 0 Å². The van der Waals surface area contributed by atoms with Gasteiger partial charge in [0, 0.05) is 18.4 Å². The van der Waals surface area contributed by atoms with Gasteiger partial charge in [0.15, 0.2) is 0 Å². The van der Waals surface area contributed by atoms with Crippen LogP contribution in [0.1, 0.15) is 54.4 Å². The second-order valence-electron chi connectivity index (χ2n) is 7.08. The minimum atomic E-state index is -1.74. The molecule has 1 heterocycles. The molecule has 0 aliphatic carbocycles. The Morgan fingerprint density at radius 1 is 1.35 bits per heavy atom. The number of aliphatic hydroxyl groups is 2. The van der Waals surface area contributed by atoms with Crippen LogP contribution in [0, 0.1) is 5.92 Å². The quantitative estimate of drug-likeness (QED) is 0.498. The van der Waals surface area contributed by atoms with E-state index in [-0.39, 0.29) is 11.7 Å². The van der Waals surface area contributed by atoms with Crippen molar-refractivity contribution in [2.24, 2.45) is 5.92 Å². The third kappa shape index (κ3) is 6.11. The molecular formula is C22H32O4. The van der Waals surface area contributed by atoms with Crippen LogP contribution < -0.4 is 0 Å². The summed E-state index contributed by atoms with van der Waals surface area (Å²) < 4.78 is 5.27. The zero-order valence-electron chi connectivity index (χ0n) is 16.7. The Labute approximate surface area is 157 Å². The summed E-state index contributed by atoms with van der Waals surface area (Å²) >= 11 is 0. The van der Waals surface area contributed by atoms with Gasteiger partial charge in [0.2, 0.25) is 5.78 Å². The number of ketones is 1. The molecule has 0 amide bonds. The van der Waals surface area contributed by atoms with Crippen LogP contribution in [-0.2, 0) is 9.53 Å². The molecule has 0 bridgehead atoms. The van der Waals surface area contributed by atoms with Crippen LogP contribution in [0.25, 0.3) is 0 Å². The van der Waals surface area contributed by atoms with E-state index in [1.54, 1.807) is 13.0 Å². The van der Waals surface area contributed by atoms with Gasteiger partial charge < -0.3 is 14.9 Å². The fourth-order valence-corrected chi connectivity index (χ4v) is 2.63. The van der Waals surface area contributed by atoms with Gasteiger partial charge >= 0.3 is 0 Å². The van der Waals surface area contributed by atoms with Crippen molar-refractivity contribution in [1.82, 2.24) is 0 Å². The van der Waals surface area contributed by atoms with Gasteiger partial charge in [-0.3, -0.25) is 4.79 Å². The molecule has 144 valence electrons. The lowest BCUT2D eigenvalue weighted by molar-refractivity contribution is -0.168. The molecule has 3 atom stereocenters. The van der Waals surface area contributed by atoms with E-state index in [0.29, 0.717) is 11.3 Å². The van der Waals surface area contributed by atoms with Gasteiger partial charge in [-0.15, -0.1) is 0 Å². The Balaban J connectivity index is 2.50. The third-order valence-corrected chi connectivity index (χ3v) is 4.63. The Morgan fingerprint density at radius 2 is 2.00 bits per heavy atom. The molecule has 0 radical (unpaired) electrons. The van der Waals surface area contributed by atoms with E-state index in [1.165, 1.54) is 12.5 Å². The summed E-state index contributed by atoms with van der Waals surface area (Å²) in [7, 11) is 0. The van der Waals surface area contributed by atoms with Crippen molar-refractivity contribution in [1.29, 1.82) is 0 Å². The maximum Gasteiger partial charge on any atom is 0.269 e. The number of carbonyl (C=O) groups is 1. The number of Topliss-reactive ketones (excluding diaryl/α,β-unsaturated/α-hetero) is 1. The third-order valence-electron chi connectivity index (χ3n) is 4.63. The lowest BCUT2D eigenvalue weighted by Gasteiger charge is -2.15. The maximum absolute atomic E-state index is 11.8. The van der Waals surface area contributed by atoms with Crippen LogP contribution in [0.4, 0.5) is 0 Å². The fourth-order valence-electron chi connectivity index (χ4n) is 2.63. The Morgan fingerprint density at radius 3 is 2.54 bits per heavy atom. The molecule has 0 fully saturated rings. The molecule has 2 unspecified atom stereocenters. The minimum Gasteiger partial charge on any atom is -0.455 e. The first kappa shape index (κ1) is 22.1. The number of carbonyl (C=O) groups excluding carboxylic acids is 1. The smallest absolute Gasteiger partial charge is 0.269 e. The van der Waals surface area contributed by atoms with Gasteiger partial charge in [0.25, 0.3) is 5.79 Å². The van der Waals surface area contributed by atoms with E-state index in [0.717, 1.165) is 18.4 Å². The van der Waals surface area contributed by atoms with Crippen molar-refractivity contribution in [2.75, 3.05) is 0 Å². The number of hydrogen-bond donors (Lipinski definition) is 2. The highest BCUT2D eigenvalue weighted by Gasteiger charge is 2.41. The first-order valence-electron chi connectivity index (χ1n) is 9.08. The lowest BCUT2D eigenvalue weighted by Crippen LogP contribution is -2.32. The van der Waals surface area contributed by atoms with Crippen molar-refractivity contribution >= 4 is 5.78 Å². The molecule has 26 heavy (non-hydrogen) atoms. The van der Waals surface area contributed by atoms with E-state index in [4.69, 9.17) is 4.74 Å². The van der Waals surface area contributed by atoms with Crippen molar-refractivity contribution in [3.05, 3.63) is 58.9 Å². The standard InChI is InChI=1S/C22H32O4/c1-7-16(3)20(23)17(4)13-10-12-15(2)11-8-9-14-19-18(5)21(24)22(6,25)26-19/h7,9-10,12-14,17,20,23,25H,8,11H2,1-6H3/b13-10+,14-9+,15-12+,16-7+/t17-,20?,22?/m1/s1. The highest BCUT2D eigenvalue weighted by atomic mass is 16.6. The summed E-state index contributed by atoms with van der Waals surface area (Å²) in [6.45, 7) is 10.9. The van der Waals surface area contributed by atoms with E-state index in [1.807, 2.05) is 51.2 Å². The predicted molar refractivity (Wildman–Crippen MR) is 105 cm³/mol. The average Bonchev–Trinajstić information content (AvgIpc) is 2.79. The molecular weight excluding hydrogens is 328 g/mol. The lowest BCUT2D eigenvalue weighted by atomic mass is 9.97. The van der Waals surface area contributed by atoms with Crippen molar-refractivity contribution in [3.8, 4) is 0 Å². The molecule has 1 rings (SSSR count). The monoisotopic (exact) mass is 360 g/mol. The topological polar surface area (TPSA) is 66.8 Å². The van der Waals surface area contributed by atoms with Crippen LogP contribution in [0.5, 0.6) is 0 Å². The number of rotatable bonds is 8. The van der Waals surface area contributed by atoms with Crippen LogP contribution in [-0.4, -0.2) is 27.9 Å². The van der Waals surface area contributed by atoms with Crippen LogP contribution >= 0.6 is 0 Å². The number of ether oxygens (including phenoxy) is 1. The molecule has 0 aromatic rings. The van der Waals surface area contributed by atoms with Crippen molar-refractivity contribution in [3.63, 3.8) is 0 Å². The minimum absolute atomic E-state index is 0.0647. The molecule has 4 nitrogen and oxygen atoms in total. The normalized spacial score (nSPS) is 24.7. The van der Waals surface area contributed by atoms with Gasteiger partial charge in [-0.05, 0) is 52.2 Å². The van der Waals surface area contributed by atoms with Gasteiger partial charge in [-0.2, -0.15) is 0 Å².